The maximum Gasteiger partial charge on any atom is 0.252 e. The molecular weight excluding hydrogens is 302 g/mol. The minimum atomic E-state index is -1.24. The van der Waals surface area contributed by atoms with Gasteiger partial charge in [-0.05, 0) is 48.1 Å². The number of hydrogen-bond donors (Lipinski definition) is 3. The molecule has 2 unspecified atom stereocenters. The van der Waals surface area contributed by atoms with Crippen LogP contribution in [0.4, 0.5) is 0 Å². The van der Waals surface area contributed by atoms with Gasteiger partial charge >= 0.3 is 0 Å². The van der Waals surface area contributed by atoms with Gasteiger partial charge in [0, 0.05) is 6.54 Å². The number of benzene rings is 1. The van der Waals surface area contributed by atoms with E-state index in [2.05, 4.69) is 26.1 Å². The van der Waals surface area contributed by atoms with Gasteiger partial charge in [-0.15, -0.1) is 0 Å². The van der Waals surface area contributed by atoms with Crippen molar-refractivity contribution in [3.05, 3.63) is 35.4 Å². The second-order valence-electron chi connectivity index (χ2n) is 7.64. The molecule has 0 aromatic heterocycles. The summed E-state index contributed by atoms with van der Waals surface area (Å²) in [6.07, 6.45) is 3.25. The number of nitrogens with one attached hydrogen (secondary N) is 1. The first kappa shape index (κ1) is 18.9. The number of carbonyl (C=O) groups is 1. The molecule has 24 heavy (non-hydrogen) atoms. The molecule has 1 aliphatic carbocycles. The van der Waals surface area contributed by atoms with Gasteiger partial charge in [-0.2, -0.15) is 0 Å². The number of amides is 1. The van der Waals surface area contributed by atoms with Crippen molar-refractivity contribution < 1.29 is 15.0 Å². The van der Waals surface area contributed by atoms with Gasteiger partial charge in [0.25, 0.3) is 5.91 Å². The third-order valence-corrected chi connectivity index (χ3v) is 5.35. The molecule has 0 radical (unpaired) electrons. The molecule has 0 saturated heterocycles. The zero-order chi connectivity index (χ0) is 17.7. The Bertz CT molecular complexity index is 540. The highest BCUT2D eigenvalue weighted by Crippen LogP contribution is 2.41. The molecule has 1 aromatic carbocycles. The standard InChI is InChI=1S/C20H31NO3/c1-14(2)18-9-4-15(3)12-20(18,24)19(23)21-11-10-16-5-7-17(13-22)8-6-16/h5-8,14-15,18,22,24H,4,9-13H2,1-3H3,(H,21,23)/t15?,18?,20-/m1/s1. The van der Waals surface area contributed by atoms with Crippen LogP contribution >= 0.6 is 0 Å². The lowest BCUT2D eigenvalue weighted by Crippen LogP contribution is -2.56. The van der Waals surface area contributed by atoms with E-state index in [4.69, 9.17) is 5.11 Å². The van der Waals surface area contributed by atoms with Crippen molar-refractivity contribution in [1.82, 2.24) is 5.32 Å². The summed E-state index contributed by atoms with van der Waals surface area (Å²) in [6.45, 7) is 6.83. The van der Waals surface area contributed by atoms with E-state index >= 15 is 0 Å². The third kappa shape index (κ3) is 4.37. The first-order valence-electron chi connectivity index (χ1n) is 9.06. The van der Waals surface area contributed by atoms with Crippen LogP contribution in [0.2, 0.25) is 0 Å². The third-order valence-electron chi connectivity index (χ3n) is 5.35. The normalized spacial score (nSPS) is 27.2. The van der Waals surface area contributed by atoms with Crippen LogP contribution in [-0.4, -0.2) is 28.3 Å². The first-order valence-corrected chi connectivity index (χ1v) is 9.06. The van der Waals surface area contributed by atoms with Crippen LogP contribution in [-0.2, 0) is 17.8 Å². The van der Waals surface area contributed by atoms with E-state index in [1.165, 1.54) is 0 Å². The summed E-state index contributed by atoms with van der Waals surface area (Å²) < 4.78 is 0. The number of hydrogen-bond acceptors (Lipinski definition) is 3. The molecule has 0 aliphatic heterocycles. The second-order valence-corrected chi connectivity index (χ2v) is 7.64. The van der Waals surface area contributed by atoms with Crippen molar-refractivity contribution in [2.24, 2.45) is 17.8 Å². The maximum absolute atomic E-state index is 12.7. The summed E-state index contributed by atoms with van der Waals surface area (Å²) in [5.74, 6) is 0.471. The van der Waals surface area contributed by atoms with Gasteiger partial charge in [0.05, 0.1) is 6.61 Å². The van der Waals surface area contributed by atoms with E-state index in [1.807, 2.05) is 24.3 Å². The van der Waals surface area contributed by atoms with Crippen LogP contribution in [0.15, 0.2) is 24.3 Å². The zero-order valence-corrected chi connectivity index (χ0v) is 15.1. The Kier molecular flexibility index (Phi) is 6.41. The molecule has 1 fully saturated rings. The molecule has 0 spiro atoms. The molecule has 2 rings (SSSR count). The Labute approximate surface area is 145 Å². The summed E-state index contributed by atoms with van der Waals surface area (Å²) in [7, 11) is 0. The van der Waals surface area contributed by atoms with Crippen molar-refractivity contribution in [2.45, 2.75) is 58.7 Å². The summed E-state index contributed by atoms with van der Waals surface area (Å²) in [4.78, 5) is 12.7. The minimum Gasteiger partial charge on any atom is -0.392 e. The van der Waals surface area contributed by atoms with Crippen molar-refractivity contribution in [2.75, 3.05) is 6.54 Å². The fourth-order valence-electron chi connectivity index (χ4n) is 3.92. The van der Waals surface area contributed by atoms with Crippen LogP contribution in [0, 0.1) is 17.8 Å². The van der Waals surface area contributed by atoms with Gasteiger partial charge in [0.1, 0.15) is 5.60 Å². The predicted molar refractivity (Wildman–Crippen MR) is 95.4 cm³/mol. The second kappa shape index (κ2) is 8.13. The Morgan fingerprint density at radius 1 is 1.25 bits per heavy atom. The number of rotatable bonds is 6. The average molecular weight is 333 g/mol. The number of aliphatic hydroxyl groups is 2. The Morgan fingerprint density at radius 3 is 2.46 bits per heavy atom. The molecule has 4 heteroatoms. The molecule has 3 N–H and O–H groups in total. The predicted octanol–water partition coefficient (Wildman–Crippen LogP) is 2.66. The van der Waals surface area contributed by atoms with E-state index < -0.39 is 5.60 Å². The van der Waals surface area contributed by atoms with E-state index in [0.29, 0.717) is 24.8 Å². The minimum absolute atomic E-state index is 0.0255. The summed E-state index contributed by atoms with van der Waals surface area (Å²) in [5.41, 5.74) is 0.747. The van der Waals surface area contributed by atoms with E-state index in [-0.39, 0.29) is 18.4 Å². The van der Waals surface area contributed by atoms with E-state index in [9.17, 15) is 9.90 Å². The Balaban J connectivity index is 1.93. The monoisotopic (exact) mass is 333 g/mol. The van der Waals surface area contributed by atoms with Crippen molar-refractivity contribution in [1.29, 1.82) is 0 Å². The van der Waals surface area contributed by atoms with Crippen molar-refractivity contribution in [3.8, 4) is 0 Å². The largest absolute Gasteiger partial charge is 0.392 e. The molecule has 1 aliphatic rings. The molecule has 3 atom stereocenters. The molecule has 0 bridgehead atoms. The van der Waals surface area contributed by atoms with Gasteiger partial charge in [-0.25, -0.2) is 0 Å². The summed E-state index contributed by atoms with van der Waals surface area (Å²) in [5, 5.41) is 23.1. The lowest BCUT2D eigenvalue weighted by molar-refractivity contribution is -0.155. The topological polar surface area (TPSA) is 69.6 Å². The van der Waals surface area contributed by atoms with Gasteiger partial charge in [0.2, 0.25) is 0 Å². The highest BCUT2D eigenvalue weighted by atomic mass is 16.3. The molecule has 0 heterocycles. The lowest BCUT2D eigenvalue weighted by atomic mass is 9.66. The molecule has 1 aromatic rings. The van der Waals surface area contributed by atoms with Crippen LogP contribution in [0.25, 0.3) is 0 Å². The zero-order valence-electron chi connectivity index (χ0n) is 15.1. The molecule has 134 valence electrons. The van der Waals surface area contributed by atoms with Crippen LogP contribution in [0.3, 0.4) is 0 Å². The maximum atomic E-state index is 12.7. The van der Waals surface area contributed by atoms with Crippen LogP contribution in [0.5, 0.6) is 0 Å². The highest BCUT2D eigenvalue weighted by molar-refractivity contribution is 5.85. The first-order chi connectivity index (χ1) is 11.4. The molecular formula is C20H31NO3. The fourth-order valence-corrected chi connectivity index (χ4v) is 3.92. The quantitative estimate of drug-likeness (QED) is 0.749. The fraction of sp³-hybridized carbons (Fsp3) is 0.650. The van der Waals surface area contributed by atoms with Crippen molar-refractivity contribution >= 4 is 5.91 Å². The van der Waals surface area contributed by atoms with Crippen molar-refractivity contribution in [3.63, 3.8) is 0 Å². The Hall–Kier alpha value is -1.39. The highest BCUT2D eigenvalue weighted by Gasteiger charge is 2.48. The Morgan fingerprint density at radius 2 is 1.88 bits per heavy atom. The molecule has 4 nitrogen and oxygen atoms in total. The SMILES string of the molecule is CC1CCC(C(C)C)[C@@](O)(C(=O)NCCc2ccc(CO)cc2)C1. The lowest BCUT2D eigenvalue weighted by Gasteiger charge is -2.43. The van der Waals surface area contributed by atoms with Gasteiger partial charge in [0.15, 0.2) is 0 Å². The number of carbonyl (C=O) groups excluding carboxylic acids is 1. The summed E-state index contributed by atoms with van der Waals surface area (Å²) in [6, 6.07) is 7.71. The van der Waals surface area contributed by atoms with E-state index in [1.54, 1.807) is 0 Å². The smallest absolute Gasteiger partial charge is 0.252 e. The van der Waals surface area contributed by atoms with E-state index in [0.717, 1.165) is 30.4 Å². The summed E-state index contributed by atoms with van der Waals surface area (Å²) >= 11 is 0. The van der Waals surface area contributed by atoms with Crippen LogP contribution in [0.1, 0.15) is 51.2 Å². The van der Waals surface area contributed by atoms with Gasteiger partial charge < -0.3 is 15.5 Å². The van der Waals surface area contributed by atoms with Crippen LogP contribution < -0.4 is 5.32 Å². The van der Waals surface area contributed by atoms with Gasteiger partial charge in [-0.3, -0.25) is 4.79 Å². The molecule has 1 amide bonds. The molecule has 1 saturated carbocycles. The number of aliphatic hydroxyl groups excluding tert-OH is 1. The average Bonchev–Trinajstić information content (AvgIpc) is 2.55. The van der Waals surface area contributed by atoms with Gasteiger partial charge in [-0.1, -0.05) is 51.5 Å².